The zero-order valence-electron chi connectivity index (χ0n) is 23.0. The number of amides is 1. The van der Waals surface area contributed by atoms with Gasteiger partial charge in [0.2, 0.25) is 0 Å². The van der Waals surface area contributed by atoms with Crippen LogP contribution in [0.2, 0.25) is 0 Å². The summed E-state index contributed by atoms with van der Waals surface area (Å²) in [7, 11) is 3.84. The molecule has 212 valence electrons. The van der Waals surface area contributed by atoms with E-state index in [0.29, 0.717) is 30.2 Å². The van der Waals surface area contributed by atoms with E-state index in [0.717, 1.165) is 36.1 Å². The largest absolute Gasteiger partial charge is 0.416 e. The molecule has 0 aliphatic carbocycles. The van der Waals surface area contributed by atoms with Gasteiger partial charge < -0.3 is 20.5 Å². The monoisotopic (exact) mass is 555 g/mol. The van der Waals surface area contributed by atoms with Crippen molar-refractivity contribution in [2.75, 3.05) is 48.5 Å². The number of likely N-dealkylation sites (N-methyl/N-ethyl adjacent to an activating group) is 1. The summed E-state index contributed by atoms with van der Waals surface area (Å²) in [5, 5.41) is 8.63. The molecule has 5 rings (SSSR count). The fraction of sp³-hybridized carbons (Fsp3) is 0.370. The minimum absolute atomic E-state index is 0.0779. The Kier molecular flexibility index (Phi) is 7.19. The highest BCUT2D eigenvalue weighted by Crippen LogP contribution is 2.39. The Morgan fingerprint density at radius 1 is 1.00 bits per heavy atom. The second kappa shape index (κ2) is 10.5. The summed E-state index contributed by atoms with van der Waals surface area (Å²) in [5.74, 6) is -0.561. The Hall–Kier alpha value is -4.10. The van der Waals surface area contributed by atoms with Crippen molar-refractivity contribution in [1.82, 2.24) is 30.6 Å². The van der Waals surface area contributed by atoms with E-state index in [1.165, 1.54) is 13.1 Å². The Labute approximate surface area is 230 Å². The number of aryl methyl sites for hydroxylation is 2. The Balaban J connectivity index is 1.42. The Morgan fingerprint density at radius 3 is 2.38 bits per heavy atom. The van der Waals surface area contributed by atoms with Gasteiger partial charge in [-0.25, -0.2) is 0 Å². The maximum absolute atomic E-state index is 14.0. The number of benzene rings is 1. The van der Waals surface area contributed by atoms with Gasteiger partial charge in [-0.2, -0.15) is 18.3 Å². The van der Waals surface area contributed by atoms with Gasteiger partial charge in [-0.1, -0.05) is 0 Å². The number of hydrazine groups is 2. The van der Waals surface area contributed by atoms with Gasteiger partial charge in [-0.05, 0) is 51.6 Å². The number of halogens is 3. The van der Waals surface area contributed by atoms with Crippen molar-refractivity contribution in [2.24, 2.45) is 7.05 Å². The Morgan fingerprint density at radius 2 is 1.73 bits per heavy atom. The van der Waals surface area contributed by atoms with E-state index >= 15 is 0 Å². The smallest absolute Gasteiger partial charge is 0.369 e. The van der Waals surface area contributed by atoms with E-state index in [1.54, 1.807) is 34.9 Å². The Bertz CT molecular complexity index is 1470. The zero-order chi connectivity index (χ0) is 28.8. The summed E-state index contributed by atoms with van der Waals surface area (Å²) in [6.07, 6.45) is 0.429. The van der Waals surface area contributed by atoms with Gasteiger partial charge in [0.05, 0.1) is 34.4 Å². The summed E-state index contributed by atoms with van der Waals surface area (Å²) < 4.78 is 43.7. The van der Waals surface area contributed by atoms with Crippen molar-refractivity contribution in [3.8, 4) is 0 Å². The number of piperazine rings is 1. The number of rotatable bonds is 5. The molecule has 0 atom stereocenters. The topological polar surface area (TPSA) is 93.6 Å². The third-order valence-corrected chi connectivity index (χ3v) is 7.46. The molecule has 40 heavy (non-hydrogen) atoms. The summed E-state index contributed by atoms with van der Waals surface area (Å²) >= 11 is 0. The van der Waals surface area contributed by atoms with Gasteiger partial charge in [0.25, 0.3) is 5.91 Å². The molecule has 3 aromatic rings. The predicted octanol–water partition coefficient (Wildman–Crippen LogP) is 3.59. The van der Waals surface area contributed by atoms with Crippen molar-refractivity contribution in [2.45, 2.75) is 26.9 Å². The number of hydrogen-bond donors (Lipinski definition) is 3. The van der Waals surface area contributed by atoms with Gasteiger partial charge in [0.15, 0.2) is 0 Å². The molecule has 2 aliphatic rings. The second-order valence-corrected chi connectivity index (χ2v) is 10.2. The lowest BCUT2D eigenvalue weighted by molar-refractivity contribution is -0.138. The SMILES string of the molecule is Cc1ncc(C(=O)Nc2cc(N3CCN(C)CC3)c(C)c(C(F)(F)F)c2)cc1N1C=C(c2cnn(C)c2C)NN1. The number of nitrogens with one attached hydrogen (secondary N) is 3. The molecule has 1 fully saturated rings. The molecule has 3 N–H and O–H groups in total. The fourth-order valence-corrected chi connectivity index (χ4v) is 4.88. The number of anilines is 3. The summed E-state index contributed by atoms with van der Waals surface area (Å²) in [6, 6.07) is 4.25. The van der Waals surface area contributed by atoms with Crippen LogP contribution in [0.3, 0.4) is 0 Å². The molecular weight excluding hydrogens is 523 g/mol. The van der Waals surface area contributed by atoms with Crippen LogP contribution in [0.15, 0.2) is 36.8 Å². The summed E-state index contributed by atoms with van der Waals surface area (Å²) in [6.45, 7) is 7.91. The molecule has 0 radical (unpaired) electrons. The van der Waals surface area contributed by atoms with Crippen molar-refractivity contribution in [3.63, 3.8) is 0 Å². The molecule has 0 saturated carbocycles. The first-order chi connectivity index (χ1) is 18.9. The first kappa shape index (κ1) is 27.5. The van der Waals surface area contributed by atoms with Crippen LogP contribution in [0.4, 0.5) is 30.2 Å². The number of carbonyl (C=O) groups excluding carboxylic acids is 1. The highest BCUT2D eigenvalue weighted by Gasteiger charge is 2.35. The number of nitrogens with zero attached hydrogens (tertiary/aromatic N) is 6. The third kappa shape index (κ3) is 5.34. The molecule has 0 bridgehead atoms. The number of aromatic nitrogens is 3. The van der Waals surface area contributed by atoms with Crippen LogP contribution in [0, 0.1) is 20.8 Å². The van der Waals surface area contributed by atoms with Crippen LogP contribution in [0.1, 0.15) is 38.4 Å². The lowest BCUT2D eigenvalue weighted by Gasteiger charge is -2.35. The molecule has 4 heterocycles. The predicted molar refractivity (Wildman–Crippen MR) is 147 cm³/mol. The fourth-order valence-electron chi connectivity index (χ4n) is 4.88. The quantitative estimate of drug-likeness (QED) is 0.440. The van der Waals surface area contributed by atoms with E-state index in [1.807, 2.05) is 32.1 Å². The van der Waals surface area contributed by atoms with Gasteiger partial charge in [0, 0.05) is 68.3 Å². The molecule has 1 saturated heterocycles. The van der Waals surface area contributed by atoms with Gasteiger partial charge in [-0.15, -0.1) is 5.53 Å². The van der Waals surface area contributed by atoms with Crippen molar-refractivity contribution in [1.29, 1.82) is 0 Å². The van der Waals surface area contributed by atoms with Crippen LogP contribution in [0.5, 0.6) is 0 Å². The minimum atomic E-state index is -4.56. The molecule has 0 spiro atoms. The number of alkyl halides is 3. The zero-order valence-corrected chi connectivity index (χ0v) is 23.0. The third-order valence-electron chi connectivity index (χ3n) is 7.46. The first-order valence-electron chi connectivity index (χ1n) is 12.9. The van der Waals surface area contributed by atoms with Crippen LogP contribution < -0.4 is 26.2 Å². The van der Waals surface area contributed by atoms with Gasteiger partial charge in [-0.3, -0.25) is 19.5 Å². The summed E-state index contributed by atoms with van der Waals surface area (Å²) in [5.41, 5.74) is 10.2. The first-order valence-corrected chi connectivity index (χ1v) is 12.9. The van der Waals surface area contributed by atoms with Crippen LogP contribution in [-0.4, -0.2) is 58.8 Å². The van der Waals surface area contributed by atoms with Crippen molar-refractivity contribution < 1.29 is 18.0 Å². The van der Waals surface area contributed by atoms with Gasteiger partial charge >= 0.3 is 6.18 Å². The molecule has 10 nitrogen and oxygen atoms in total. The molecule has 1 amide bonds. The van der Waals surface area contributed by atoms with E-state index in [2.05, 4.69) is 31.3 Å². The molecule has 1 aromatic carbocycles. The molecule has 2 aliphatic heterocycles. The molecular formula is C27H32F3N9O. The maximum atomic E-state index is 14.0. The number of hydrogen-bond acceptors (Lipinski definition) is 8. The van der Waals surface area contributed by atoms with E-state index in [9.17, 15) is 18.0 Å². The minimum Gasteiger partial charge on any atom is -0.369 e. The second-order valence-electron chi connectivity index (χ2n) is 10.2. The maximum Gasteiger partial charge on any atom is 0.416 e. The molecule has 13 heteroatoms. The standard InChI is InChI=1S/C27H32F3N9O/c1-16-22(27(28,29)30)11-20(12-24(16)38-8-6-36(4)7-9-38)33-26(40)19-10-25(17(2)31-13-19)39-15-23(34-35-39)21-14-32-37(5)18(21)3/h10-15,34-35H,6-9H2,1-5H3,(H,33,40). The molecule has 0 unspecified atom stereocenters. The van der Waals surface area contributed by atoms with Crippen LogP contribution in [-0.2, 0) is 13.2 Å². The average Bonchev–Trinajstić information content (AvgIpc) is 3.51. The van der Waals surface area contributed by atoms with E-state index in [-0.39, 0.29) is 16.8 Å². The lowest BCUT2D eigenvalue weighted by Crippen LogP contribution is -2.44. The highest BCUT2D eigenvalue weighted by atomic mass is 19.4. The van der Waals surface area contributed by atoms with Gasteiger partial charge in [0.1, 0.15) is 0 Å². The van der Waals surface area contributed by atoms with Crippen molar-refractivity contribution >= 4 is 28.7 Å². The van der Waals surface area contributed by atoms with E-state index < -0.39 is 17.6 Å². The highest BCUT2D eigenvalue weighted by molar-refractivity contribution is 6.05. The average molecular weight is 556 g/mol. The van der Waals surface area contributed by atoms with E-state index in [4.69, 9.17) is 0 Å². The number of pyridine rings is 1. The van der Waals surface area contributed by atoms with Crippen LogP contribution in [0.25, 0.3) is 5.70 Å². The lowest BCUT2D eigenvalue weighted by atomic mass is 10.0. The molecule has 2 aromatic heterocycles. The summed E-state index contributed by atoms with van der Waals surface area (Å²) in [4.78, 5) is 21.7. The van der Waals surface area contributed by atoms with Crippen molar-refractivity contribution in [3.05, 3.63) is 70.4 Å². The van der Waals surface area contributed by atoms with Crippen LogP contribution >= 0.6 is 0 Å². The normalized spacial score (nSPS) is 16.2. The number of carbonyl (C=O) groups is 1.